The van der Waals surface area contributed by atoms with Crippen molar-refractivity contribution in [3.63, 3.8) is 0 Å². The van der Waals surface area contributed by atoms with Crippen LogP contribution in [0.25, 0.3) is 0 Å². The topological polar surface area (TPSA) is 37.3 Å². The minimum Gasteiger partial charge on any atom is -0.393 e. The molecule has 4 aliphatic carbocycles. The van der Waals surface area contributed by atoms with Gasteiger partial charge in [-0.05, 0) is 79.1 Å². The quantitative estimate of drug-likeness (QED) is 0.720. The first-order valence-electron chi connectivity index (χ1n) is 9.70. The second-order valence-corrected chi connectivity index (χ2v) is 9.70. The summed E-state index contributed by atoms with van der Waals surface area (Å²) in [6, 6.07) is 0. The zero-order valence-corrected chi connectivity index (χ0v) is 15.1. The molecule has 3 saturated carbocycles. The summed E-state index contributed by atoms with van der Waals surface area (Å²) in [5.41, 5.74) is 1.80. The first-order chi connectivity index (χ1) is 10.8. The van der Waals surface area contributed by atoms with E-state index in [2.05, 4.69) is 27.7 Å². The van der Waals surface area contributed by atoms with Crippen LogP contribution in [-0.4, -0.2) is 17.0 Å². The predicted molar refractivity (Wildman–Crippen MR) is 91.8 cm³/mol. The Balaban J connectivity index is 1.74. The molecule has 0 heterocycles. The van der Waals surface area contributed by atoms with Crippen molar-refractivity contribution in [2.45, 2.75) is 72.3 Å². The molecule has 0 radical (unpaired) electrons. The number of carbonyl (C=O) groups is 1. The number of allylic oxidation sites excluding steroid dienone is 1. The van der Waals surface area contributed by atoms with Crippen molar-refractivity contribution >= 4 is 5.78 Å². The summed E-state index contributed by atoms with van der Waals surface area (Å²) in [4.78, 5) is 12.2. The maximum absolute atomic E-state index is 12.2. The summed E-state index contributed by atoms with van der Waals surface area (Å²) in [6.07, 6.45) is 8.63. The number of fused-ring (bicyclic) bond motifs is 5. The molecule has 0 aromatic heterocycles. The van der Waals surface area contributed by atoms with E-state index in [0.717, 1.165) is 31.6 Å². The van der Waals surface area contributed by atoms with Crippen molar-refractivity contribution < 1.29 is 9.90 Å². The van der Waals surface area contributed by atoms with Crippen LogP contribution in [0.2, 0.25) is 0 Å². The van der Waals surface area contributed by atoms with Crippen LogP contribution >= 0.6 is 0 Å². The minimum atomic E-state index is -0.0998. The van der Waals surface area contributed by atoms with Gasteiger partial charge in [0.1, 0.15) is 0 Å². The van der Waals surface area contributed by atoms with Gasteiger partial charge in [0.25, 0.3) is 0 Å². The van der Waals surface area contributed by atoms with E-state index in [1.54, 1.807) is 0 Å². The molecule has 23 heavy (non-hydrogen) atoms. The van der Waals surface area contributed by atoms with Gasteiger partial charge >= 0.3 is 0 Å². The van der Waals surface area contributed by atoms with Crippen molar-refractivity contribution in [2.75, 3.05) is 0 Å². The van der Waals surface area contributed by atoms with Crippen LogP contribution in [-0.2, 0) is 4.79 Å². The van der Waals surface area contributed by atoms with Gasteiger partial charge in [-0.15, -0.1) is 0 Å². The van der Waals surface area contributed by atoms with Gasteiger partial charge in [0.15, 0.2) is 5.78 Å². The molecule has 0 bridgehead atoms. The Morgan fingerprint density at radius 1 is 1.13 bits per heavy atom. The molecule has 0 amide bonds. The molecule has 8 atom stereocenters. The van der Waals surface area contributed by atoms with Gasteiger partial charge in [-0.2, -0.15) is 0 Å². The maximum Gasteiger partial charge on any atom is 0.158 e. The molecule has 2 heteroatoms. The highest BCUT2D eigenvalue weighted by Crippen LogP contribution is 2.66. The minimum absolute atomic E-state index is 0.0998. The molecule has 3 fully saturated rings. The molecular weight excluding hydrogens is 284 g/mol. The lowest BCUT2D eigenvalue weighted by Crippen LogP contribution is -2.54. The van der Waals surface area contributed by atoms with Crippen LogP contribution in [0.4, 0.5) is 0 Å². The van der Waals surface area contributed by atoms with Crippen LogP contribution in [0.5, 0.6) is 0 Å². The molecule has 0 spiro atoms. The van der Waals surface area contributed by atoms with Crippen LogP contribution < -0.4 is 0 Å². The van der Waals surface area contributed by atoms with Gasteiger partial charge in [0.2, 0.25) is 0 Å². The fraction of sp³-hybridized carbons (Fsp3) is 0.857. The summed E-state index contributed by atoms with van der Waals surface area (Å²) in [6.45, 7) is 9.30. The summed E-state index contributed by atoms with van der Waals surface area (Å²) in [7, 11) is 0. The van der Waals surface area contributed by atoms with Crippen molar-refractivity contribution in [3.8, 4) is 0 Å². The lowest BCUT2D eigenvalue weighted by molar-refractivity contribution is -0.124. The smallest absolute Gasteiger partial charge is 0.158 e. The molecule has 0 aromatic carbocycles. The largest absolute Gasteiger partial charge is 0.393 e. The number of aliphatic hydroxyl groups is 1. The Kier molecular flexibility index (Phi) is 3.41. The number of aliphatic hydroxyl groups excluding tert-OH is 1. The molecule has 128 valence electrons. The summed E-state index contributed by atoms with van der Waals surface area (Å²) >= 11 is 0. The molecule has 0 aliphatic heterocycles. The van der Waals surface area contributed by atoms with Crippen molar-refractivity contribution in [3.05, 3.63) is 11.6 Å². The van der Waals surface area contributed by atoms with E-state index < -0.39 is 0 Å². The third-order valence-corrected chi connectivity index (χ3v) is 8.57. The standard InChI is InChI=1S/C21H32O2/c1-12-9-14-10-17(22)13(2)11-21(14,4)16-7-8-20(3)15(19(12)16)5-6-18(20)23/h10,12-13,15-16,18-19,23H,5-9,11H2,1-4H3/t12?,13?,15-,16+,18?,19-,20-,21-/m0/s1. The lowest BCUT2D eigenvalue weighted by atomic mass is 9.44. The van der Waals surface area contributed by atoms with Crippen LogP contribution in [0.1, 0.15) is 66.2 Å². The third-order valence-electron chi connectivity index (χ3n) is 8.57. The van der Waals surface area contributed by atoms with Gasteiger partial charge in [0.05, 0.1) is 6.10 Å². The summed E-state index contributed by atoms with van der Waals surface area (Å²) in [5.74, 6) is 3.29. The van der Waals surface area contributed by atoms with Crippen LogP contribution in [0.3, 0.4) is 0 Å². The van der Waals surface area contributed by atoms with Gasteiger partial charge in [-0.1, -0.05) is 33.3 Å². The average molecular weight is 316 g/mol. The number of rotatable bonds is 0. The normalized spacial score (nSPS) is 55.7. The van der Waals surface area contributed by atoms with E-state index in [0.29, 0.717) is 23.5 Å². The van der Waals surface area contributed by atoms with Crippen LogP contribution in [0, 0.1) is 40.4 Å². The fourth-order valence-corrected chi connectivity index (χ4v) is 7.22. The molecule has 0 saturated heterocycles. The van der Waals surface area contributed by atoms with E-state index in [9.17, 15) is 9.90 Å². The summed E-state index contributed by atoms with van der Waals surface area (Å²) in [5, 5.41) is 10.6. The Labute approximate surface area is 140 Å². The number of ketones is 1. The van der Waals surface area contributed by atoms with Crippen molar-refractivity contribution in [1.82, 2.24) is 0 Å². The maximum atomic E-state index is 12.2. The van der Waals surface area contributed by atoms with E-state index >= 15 is 0 Å². The van der Waals surface area contributed by atoms with Gasteiger partial charge in [-0.25, -0.2) is 0 Å². The van der Waals surface area contributed by atoms with E-state index in [4.69, 9.17) is 0 Å². The molecular formula is C21H32O2. The number of carbonyl (C=O) groups excluding carboxylic acids is 1. The molecule has 0 aromatic rings. The van der Waals surface area contributed by atoms with E-state index in [1.807, 2.05) is 6.08 Å². The molecule has 4 aliphatic rings. The molecule has 4 rings (SSSR count). The fourth-order valence-electron chi connectivity index (χ4n) is 7.22. The highest BCUT2D eigenvalue weighted by molar-refractivity contribution is 5.93. The number of hydrogen-bond acceptors (Lipinski definition) is 2. The predicted octanol–water partition coefficient (Wildman–Crippen LogP) is 4.37. The average Bonchev–Trinajstić information content (AvgIpc) is 2.78. The first-order valence-corrected chi connectivity index (χ1v) is 9.70. The monoisotopic (exact) mass is 316 g/mol. The molecule has 1 N–H and O–H groups in total. The van der Waals surface area contributed by atoms with Crippen molar-refractivity contribution in [1.29, 1.82) is 0 Å². The Bertz CT molecular complexity index is 564. The molecule has 2 nitrogen and oxygen atoms in total. The van der Waals surface area contributed by atoms with Gasteiger partial charge < -0.3 is 5.11 Å². The SMILES string of the molecule is CC1C[C@@]2(C)C(=CC1=O)CC(C)[C@@H]1[C@H]2CC[C@]2(C)C(O)CC[C@@H]12. The first kappa shape index (κ1) is 15.9. The lowest BCUT2D eigenvalue weighted by Gasteiger charge is -2.60. The Morgan fingerprint density at radius 2 is 1.87 bits per heavy atom. The highest BCUT2D eigenvalue weighted by atomic mass is 16.3. The van der Waals surface area contributed by atoms with E-state index in [-0.39, 0.29) is 22.9 Å². The van der Waals surface area contributed by atoms with E-state index in [1.165, 1.54) is 18.4 Å². The Morgan fingerprint density at radius 3 is 2.61 bits per heavy atom. The Hall–Kier alpha value is -0.630. The summed E-state index contributed by atoms with van der Waals surface area (Å²) < 4.78 is 0. The van der Waals surface area contributed by atoms with Crippen molar-refractivity contribution in [2.24, 2.45) is 40.4 Å². The zero-order valence-electron chi connectivity index (χ0n) is 15.1. The second kappa shape index (κ2) is 4.94. The third kappa shape index (κ3) is 2.00. The zero-order chi connectivity index (χ0) is 16.6. The van der Waals surface area contributed by atoms with Gasteiger partial charge in [-0.3, -0.25) is 4.79 Å². The number of hydrogen-bond donors (Lipinski definition) is 1. The molecule has 3 unspecified atom stereocenters. The van der Waals surface area contributed by atoms with Crippen LogP contribution in [0.15, 0.2) is 11.6 Å². The second-order valence-electron chi connectivity index (χ2n) is 9.70. The highest BCUT2D eigenvalue weighted by Gasteiger charge is 2.60. The van der Waals surface area contributed by atoms with Gasteiger partial charge in [0, 0.05) is 5.92 Å².